The quantitative estimate of drug-likeness (QED) is 0.272. The third-order valence-corrected chi connectivity index (χ3v) is 5.49. The Labute approximate surface area is 224 Å². The maximum absolute atomic E-state index is 2.25. The van der Waals surface area contributed by atoms with Gasteiger partial charge in [0.05, 0.1) is 0 Å². The van der Waals surface area contributed by atoms with Crippen LogP contribution in [0.2, 0.25) is 0 Å². The van der Waals surface area contributed by atoms with Crippen LogP contribution in [0.5, 0.6) is 0 Å². The van der Waals surface area contributed by atoms with E-state index in [0.29, 0.717) is 0 Å². The first-order chi connectivity index (χ1) is 17.7. The van der Waals surface area contributed by atoms with Gasteiger partial charge >= 0.3 is 0 Å². The average molecular weight is 498 g/mol. The molecule has 0 radical (unpaired) electrons. The number of allylic oxidation sites excluding steroid dienone is 4. The second-order valence-corrected chi connectivity index (χ2v) is 9.29. The molecular weight excluding hydrogens is 454 g/mol. The van der Waals surface area contributed by atoms with Crippen LogP contribution in [0.1, 0.15) is 50.3 Å². The monoisotopic (exact) mass is 497 g/mol. The molecule has 1 aliphatic carbocycles. The topological polar surface area (TPSA) is 3.24 Å². The van der Waals surface area contributed by atoms with Gasteiger partial charge in [-0.25, -0.2) is 0 Å². The van der Waals surface area contributed by atoms with Crippen LogP contribution >= 0.6 is 11.3 Å². The van der Waals surface area contributed by atoms with E-state index in [-0.39, 0.29) is 0 Å². The molecule has 0 saturated heterocycles. The number of hydrogen-bond donors (Lipinski definition) is 0. The number of aryl methyl sites for hydroxylation is 2. The molecule has 1 aromatic heterocycles. The van der Waals surface area contributed by atoms with Gasteiger partial charge in [-0.3, -0.25) is 0 Å². The van der Waals surface area contributed by atoms with Crippen LogP contribution in [-0.4, -0.2) is 0 Å². The van der Waals surface area contributed by atoms with Crippen LogP contribution < -0.4 is 4.90 Å². The minimum absolute atomic E-state index is 1.14. The summed E-state index contributed by atoms with van der Waals surface area (Å²) in [5.74, 6) is 0. The zero-order chi connectivity index (χ0) is 26.4. The van der Waals surface area contributed by atoms with Crippen molar-refractivity contribution in [2.24, 2.45) is 0 Å². The molecule has 1 heterocycles. The first-order valence-corrected chi connectivity index (χ1v) is 13.8. The number of para-hydroxylation sites is 3. The molecule has 5 rings (SSSR count). The molecule has 0 atom stereocenters. The highest BCUT2D eigenvalue weighted by atomic mass is 32.1. The summed E-state index contributed by atoms with van der Waals surface area (Å²) in [7, 11) is 0. The van der Waals surface area contributed by atoms with Gasteiger partial charge in [0, 0.05) is 26.8 Å². The lowest BCUT2D eigenvalue weighted by Crippen LogP contribution is -2.09. The second-order valence-electron chi connectivity index (χ2n) is 7.80. The molecule has 0 spiro atoms. The van der Waals surface area contributed by atoms with Crippen molar-refractivity contribution in [2.75, 3.05) is 4.90 Å². The largest absolute Gasteiger partial charge is 0.311 e. The molecule has 1 nitrogen and oxygen atoms in total. The number of benzene rings is 3. The van der Waals surface area contributed by atoms with E-state index in [9.17, 15) is 0 Å². The van der Waals surface area contributed by atoms with E-state index in [0.717, 1.165) is 6.42 Å². The summed E-state index contributed by atoms with van der Waals surface area (Å²) in [5.41, 5.74) is 3.50. The summed E-state index contributed by atoms with van der Waals surface area (Å²) in [6.45, 7) is 12.5. The Balaban J connectivity index is 0.000000311. The molecule has 4 aromatic rings. The van der Waals surface area contributed by atoms with Crippen molar-refractivity contribution in [2.45, 2.75) is 54.4 Å². The van der Waals surface area contributed by atoms with Gasteiger partial charge in [-0.15, -0.1) is 11.3 Å². The molecule has 3 aromatic carbocycles. The molecule has 2 heteroatoms. The van der Waals surface area contributed by atoms with Crippen molar-refractivity contribution < 1.29 is 0 Å². The van der Waals surface area contributed by atoms with Gasteiger partial charge < -0.3 is 4.90 Å². The first kappa shape index (κ1) is 30.7. The summed E-state index contributed by atoms with van der Waals surface area (Å²) in [6.07, 6.45) is 10.8. The number of thiophene rings is 1. The number of nitrogens with zero attached hydrogens (tertiary/aromatic N) is 1. The van der Waals surface area contributed by atoms with Crippen molar-refractivity contribution in [3.8, 4) is 0 Å². The second kappa shape index (κ2) is 19.9. The van der Waals surface area contributed by atoms with Crippen molar-refractivity contribution in [3.63, 3.8) is 0 Å². The summed E-state index contributed by atoms with van der Waals surface area (Å²) in [4.78, 5) is 5.05. The smallest absolute Gasteiger partial charge is 0.0461 e. The zero-order valence-corrected chi connectivity index (χ0v) is 23.7. The van der Waals surface area contributed by atoms with Crippen molar-refractivity contribution in [3.05, 3.63) is 137 Å². The maximum atomic E-state index is 2.25. The zero-order valence-electron chi connectivity index (χ0n) is 22.9. The highest BCUT2D eigenvalue weighted by Crippen LogP contribution is 2.33. The molecular formula is C34H43NS. The van der Waals surface area contributed by atoms with Gasteiger partial charge in [0.25, 0.3) is 0 Å². The van der Waals surface area contributed by atoms with Crippen LogP contribution in [0.4, 0.5) is 17.1 Å². The van der Waals surface area contributed by atoms with Gasteiger partial charge in [-0.2, -0.15) is 0 Å². The number of rotatable bonds is 3. The molecule has 0 bridgehead atoms. The van der Waals surface area contributed by atoms with E-state index in [1.165, 1.54) is 33.2 Å². The van der Waals surface area contributed by atoms with E-state index >= 15 is 0 Å². The van der Waals surface area contributed by atoms with Gasteiger partial charge in [-0.05, 0) is 68.8 Å². The Morgan fingerprint density at radius 2 is 0.861 bits per heavy atom. The molecule has 0 aliphatic heterocycles. The third kappa shape index (κ3) is 12.4. The number of anilines is 3. The fourth-order valence-corrected chi connectivity index (χ4v) is 3.91. The Morgan fingerprint density at radius 3 is 1.06 bits per heavy atom. The van der Waals surface area contributed by atoms with Gasteiger partial charge in [0.15, 0.2) is 0 Å². The van der Waals surface area contributed by atoms with Crippen molar-refractivity contribution >= 4 is 28.4 Å². The summed E-state index contributed by atoms with van der Waals surface area (Å²) < 4.78 is 0. The van der Waals surface area contributed by atoms with Crippen molar-refractivity contribution in [1.29, 1.82) is 0 Å². The molecule has 0 N–H and O–H groups in total. The minimum Gasteiger partial charge on any atom is -0.311 e. The maximum Gasteiger partial charge on any atom is 0.0461 e. The van der Waals surface area contributed by atoms with E-state index in [1.807, 2.05) is 43.4 Å². The molecule has 0 amide bonds. The average Bonchev–Trinajstić information content (AvgIpc) is 3.64. The summed E-state index contributed by atoms with van der Waals surface area (Å²) in [6, 6.07) is 35.5. The Hall–Kier alpha value is -3.36. The molecule has 0 saturated carbocycles. The highest BCUT2D eigenvalue weighted by Gasteiger charge is 2.10. The van der Waals surface area contributed by atoms with Crippen molar-refractivity contribution in [1.82, 2.24) is 0 Å². The number of hydrogen-bond acceptors (Lipinski definition) is 2. The van der Waals surface area contributed by atoms with E-state index in [4.69, 9.17) is 0 Å². The summed E-state index contributed by atoms with van der Waals surface area (Å²) >= 11 is 1.84. The predicted molar refractivity (Wildman–Crippen MR) is 165 cm³/mol. The normalized spacial score (nSPS) is 10.3. The van der Waals surface area contributed by atoms with Crippen LogP contribution in [0, 0.1) is 13.8 Å². The fraction of sp³-hybridized carbons (Fsp3) is 0.235. The lowest BCUT2D eigenvalue weighted by Gasteiger charge is -2.25. The molecule has 190 valence electrons. The molecule has 36 heavy (non-hydrogen) atoms. The molecule has 0 fully saturated rings. The summed E-state index contributed by atoms with van der Waals surface area (Å²) in [5, 5.41) is 0. The predicted octanol–water partition coefficient (Wildman–Crippen LogP) is 11.5. The van der Waals surface area contributed by atoms with E-state index in [1.54, 1.807) is 0 Å². The molecule has 1 aliphatic rings. The standard InChI is InChI=1S/C18H15N.C6H8S.C5H6.C3H8.C2H6/c1-4-10-16(11-5-1)19(17-12-6-2-7-13-17)18-14-8-3-9-15-18;1-5-3-4-6(2)7-5;1-2-4-5-3-1;1-3-2;1-2/h1-15H;3-4H,1-2H3;1-4H,5H2;3H2,1-2H3;1-2H3. The van der Waals surface area contributed by atoms with E-state index < -0.39 is 0 Å². The van der Waals surface area contributed by atoms with Crippen LogP contribution in [0.15, 0.2) is 127 Å². The lowest BCUT2D eigenvalue weighted by atomic mass is 10.2. The first-order valence-electron chi connectivity index (χ1n) is 13.0. The lowest BCUT2D eigenvalue weighted by molar-refractivity contribution is 1.09. The Kier molecular flexibility index (Phi) is 16.9. The van der Waals surface area contributed by atoms with Gasteiger partial charge in [-0.1, -0.05) is 113 Å². The Bertz CT molecular complexity index is 959. The minimum atomic E-state index is 1.14. The fourth-order valence-electron chi connectivity index (χ4n) is 3.13. The Morgan fingerprint density at radius 1 is 0.556 bits per heavy atom. The SMILES string of the molecule is C1=CCC=C1.CC.CCC.Cc1ccc(C)s1.c1ccc(N(c2ccccc2)c2ccccc2)cc1. The van der Waals surface area contributed by atoms with Crippen LogP contribution in [-0.2, 0) is 0 Å². The van der Waals surface area contributed by atoms with Gasteiger partial charge in [0.1, 0.15) is 0 Å². The van der Waals surface area contributed by atoms with Crippen LogP contribution in [0.3, 0.4) is 0 Å². The molecule has 0 unspecified atom stereocenters. The van der Waals surface area contributed by atoms with Crippen LogP contribution in [0.25, 0.3) is 0 Å². The van der Waals surface area contributed by atoms with Gasteiger partial charge in [0.2, 0.25) is 0 Å². The third-order valence-electron chi connectivity index (χ3n) is 4.57. The van der Waals surface area contributed by atoms with E-state index in [2.05, 4.69) is 142 Å². The highest BCUT2D eigenvalue weighted by molar-refractivity contribution is 7.11.